The molecule has 0 saturated heterocycles. The summed E-state index contributed by atoms with van der Waals surface area (Å²) in [4.78, 5) is 16.5. The van der Waals surface area contributed by atoms with E-state index in [1.807, 2.05) is 18.5 Å². The van der Waals surface area contributed by atoms with Crippen LogP contribution in [0.2, 0.25) is 0 Å². The molecule has 1 aromatic heterocycles. The fourth-order valence-corrected chi connectivity index (χ4v) is 7.52. The molecule has 0 spiro atoms. The predicted molar refractivity (Wildman–Crippen MR) is 109 cm³/mol. The maximum atomic E-state index is 12.1. The summed E-state index contributed by atoms with van der Waals surface area (Å²) in [6.07, 6.45) is 15.3. The van der Waals surface area contributed by atoms with Crippen molar-refractivity contribution in [1.29, 1.82) is 0 Å². The van der Waals surface area contributed by atoms with Crippen LogP contribution in [0, 0.1) is 34.5 Å². The van der Waals surface area contributed by atoms with Crippen molar-refractivity contribution >= 4 is 11.4 Å². The number of nitrogens with zero attached hydrogens (tertiary/aromatic N) is 1. The smallest absolute Gasteiger partial charge is 0.155 e. The highest BCUT2D eigenvalue weighted by molar-refractivity contribution is 5.91. The molecular formula is C25H31NO. The maximum absolute atomic E-state index is 12.1. The quantitative estimate of drug-likeness (QED) is 0.628. The van der Waals surface area contributed by atoms with E-state index in [1.165, 1.54) is 42.4 Å². The number of ketones is 1. The average molecular weight is 362 g/mol. The van der Waals surface area contributed by atoms with Gasteiger partial charge in [-0.25, -0.2) is 0 Å². The van der Waals surface area contributed by atoms with Crippen molar-refractivity contribution < 1.29 is 4.79 Å². The highest BCUT2D eigenvalue weighted by Gasteiger charge is 2.58. The minimum atomic E-state index is 0.245. The molecule has 4 aliphatic rings. The van der Waals surface area contributed by atoms with Crippen molar-refractivity contribution in [2.75, 3.05) is 0 Å². The van der Waals surface area contributed by atoms with Crippen LogP contribution < -0.4 is 0 Å². The Labute approximate surface area is 163 Å². The Morgan fingerprint density at radius 3 is 2.78 bits per heavy atom. The summed E-state index contributed by atoms with van der Waals surface area (Å²) in [6.45, 7) is 7.36. The molecule has 2 saturated carbocycles. The molecule has 4 unspecified atom stereocenters. The molecule has 6 atom stereocenters. The fraction of sp³-hybridized carbons (Fsp3) is 0.600. The van der Waals surface area contributed by atoms with E-state index < -0.39 is 0 Å². The molecule has 0 aromatic carbocycles. The third-order valence-electron chi connectivity index (χ3n) is 8.83. The molecule has 142 valence electrons. The number of hydrogen-bond acceptors (Lipinski definition) is 2. The summed E-state index contributed by atoms with van der Waals surface area (Å²) in [6, 6.07) is 4.30. The minimum Gasteiger partial charge on any atom is -0.295 e. The van der Waals surface area contributed by atoms with Gasteiger partial charge < -0.3 is 0 Å². The van der Waals surface area contributed by atoms with Gasteiger partial charge in [-0.15, -0.1) is 0 Å². The van der Waals surface area contributed by atoms with Crippen molar-refractivity contribution in [3.63, 3.8) is 0 Å². The number of carbonyl (C=O) groups excluding carboxylic acids is 1. The molecule has 5 rings (SSSR count). The summed E-state index contributed by atoms with van der Waals surface area (Å²) in [5.74, 6) is 3.16. The van der Waals surface area contributed by atoms with Gasteiger partial charge in [-0.3, -0.25) is 9.78 Å². The van der Waals surface area contributed by atoms with E-state index in [4.69, 9.17) is 0 Å². The first-order chi connectivity index (χ1) is 12.9. The molecule has 0 amide bonds. The lowest BCUT2D eigenvalue weighted by atomic mass is 9.45. The summed E-state index contributed by atoms with van der Waals surface area (Å²) in [7, 11) is 0. The Morgan fingerprint density at radius 2 is 2.00 bits per heavy atom. The Hall–Kier alpha value is -1.70. The van der Waals surface area contributed by atoms with E-state index in [0.717, 1.165) is 30.6 Å². The average Bonchev–Trinajstić information content (AvgIpc) is 3.01. The van der Waals surface area contributed by atoms with Crippen LogP contribution in [0.1, 0.15) is 64.9 Å². The van der Waals surface area contributed by atoms with Crippen LogP contribution in [0.25, 0.3) is 5.57 Å². The molecule has 4 aliphatic carbocycles. The van der Waals surface area contributed by atoms with Crippen LogP contribution in [0.5, 0.6) is 0 Å². The first-order valence-electron chi connectivity index (χ1n) is 10.8. The van der Waals surface area contributed by atoms with Crippen molar-refractivity contribution in [1.82, 2.24) is 4.98 Å². The van der Waals surface area contributed by atoms with Gasteiger partial charge in [-0.2, -0.15) is 0 Å². The Morgan fingerprint density at radius 1 is 1.15 bits per heavy atom. The number of pyridine rings is 1. The molecule has 0 radical (unpaired) electrons. The molecule has 1 heterocycles. The molecular weight excluding hydrogens is 330 g/mol. The predicted octanol–water partition coefficient (Wildman–Crippen LogP) is 5.85. The zero-order chi connectivity index (χ0) is 18.8. The second-order valence-corrected chi connectivity index (χ2v) is 10.0. The molecule has 1 aromatic rings. The molecule has 27 heavy (non-hydrogen) atoms. The molecule has 2 nitrogen and oxygen atoms in total. The first kappa shape index (κ1) is 17.4. The van der Waals surface area contributed by atoms with Crippen LogP contribution in [0.3, 0.4) is 0 Å². The lowest BCUT2D eigenvalue weighted by Crippen LogP contribution is -2.51. The largest absolute Gasteiger partial charge is 0.295 e. The number of rotatable bonds is 1. The van der Waals surface area contributed by atoms with Crippen LogP contribution in [0.15, 0.2) is 42.3 Å². The van der Waals surface area contributed by atoms with Gasteiger partial charge in [0.05, 0.1) is 0 Å². The third kappa shape index (κ3) is 2.38. The lowest BCUT2D eigenvalue weighted by Gasteiger charge is -2.59. The van der Waals surface area contributed by atoms with Crippen molar-refractivity contribution in [2.24, 2.45) is 34.5 Å². The number of carbonyl (C=O) groups is 1. The number of allylic oxidation sites excluding steroid dienone is 4. The lowest BCUT2D eigenvalue weighted by molar-refractivity contribution is -0.117. The zero-order valence-corrected chi connectivity index (χ0v) is 16.9. The normalized spacial score (nSPS) is 43.3. The second-order valence-electron chi connectivity index (χ2n) is 10.0. The Bertz CT molecular complexity index is 837. The first-order valence-corrected chi connectivity index (χ1v) is 10.8. The molecule has 0 bridgehead atoms. The molecule has 2 heteroatoms. The standard InChI is InChI=1S/C25H31NO/c1-16-13-19-21-7-6-20(17-5-4-12-26-15-17)24(21,2)11-9-22(19)25(3)10-8-18(27)14-23(16)25/h4-6,12,14-16,19,21-22H,7-11,13H2,1-3H3/t16?,19?,21?,22?,24-,25-/m1/s1. The van der Waals surface area contributed by atoms with E-state index >= 15 is 0 Å². The van der Waals surface area contributed by atoms with Crippen molar-refractivity contribution in [2.45, 2.75) is 59.3 Å². The third-order valence-corrected chi connectivity index (χ3v) is 8.83. The highest BCUT2D eigenvalue weighted by Crippen LogP contribution is 2.67. The van der Waals surface area contributed by atoms with Crippen molar-refractivity contribution in [3.05, 3.63) is 47.8 Å². The van der Waals surface area contributed by atoms with Crippen LogP contribution >= 0.6 is 0 Å². The van der Waals surface area contributed by atoms with Gasteiger partial charge in [0, 0.05) is 18.8 Å². The van der Waals surface area contributed by atoms with Gasteiger partial charge in [0.2, 0.25) is 0 Å². The van der Waals surface area contributed by atoms with E-state index in [0.29, 0.717) is 11.7 Å². The van der Waals surface area contributed by atoms with Gasteiger partial charge >= 0.3 is 0 Å². The van der Waals surface area contributed by atoms with Crippen LogP contribution in [-0.4, -0.2) is 10.8 Å². The maximum Gasteiger partial charge on any atom is 0.155 e. The summed E-state index contributed by atoms with van der Waals surface area (Å²) >= 11 is 0. The topological polar surface area (TPSA) is 30.0 Å². The monoisotopic (exact) mass is 361 g/mol. The van der Waals surface area contributed by atoms with Gasteiger partial charge in [0.25, 0.3) is 0 Å². The van der Waals surface area contributed by atoms with Crippen molar-refractivity contribution in [3.8, 4) is 0 Å². The summed E-state index contributed by atoms with van der Waals surface area (Å²) in [5.41, 5.74) is 4.86. The SMILES string of the molecule is CC1CC2C(CC[C@]3(C)C(c4cccnc4)=CCC23)[C@@]2(C)CCC(=O)C=C12. The fourth-order valence-electron chi connectivity index (χ4n) is 7.52. The second kappa shape index (κ2) is 5.90. The summed E-state index contributed by atoms with van der Waals surface area (Å²) < 4.78 is 0. The Kier molecular flexibility index (Phi) is 3.80. The minimum absolute atomic E-state index is 0.245. The van der Waals surface area contributed by atoms with Gasteiger partial charge in [0.15, 0.2) is 5.78 Å². The molecule has 0 aliphatic heterocycles. The van der Waals surface area contributed by atoms with E-state index in [9.17, 15) is 4.79 Å². The van der Waals surface area contributed by atoms with Gasteiger partial charge in [0.1, 0.15) is 0 Å². The molecule has 0 N–H and O–H groups in total. The number of fused-ring (bicyclic) bond motifs is 5. The number of hydrogen-bond donors (Lipinski definition) is 0. The van der Waals surface area contributed by atoms with Gasteiger partial charge in [-0.05, 0) is 89.9 Å². The zero-order valence-electron chi connectivity index (χ0n) is 16.9. The Balaban J connectivity index is 1.51. The van der Waals surface area contributed by atoms with Crippen LogP contribution in [-0.2, 0) is 4.79 Å². The van der Waals surface area contributed by atoms with E-state index in [2.05, 4.69) is 44.0 Å². The summed E-state index contributed by atoms with van der Waals surface area (Å²) in [5, 5.41) is 0. The highest BCUT2D eigenvalue weighted by atomic mass is 16.1. The molecule has 2 fully saturated rings. The van der Waals surface area contributed by atoms with E-state index in [1.54, 1.807) is 0 Å². The number of aromatic nitrogens is 1. The van der Waals surface area contributed by atoms with E-state index in [-0.39, 0.29) is 10.8 Å². The van der Waals surface area contributed by atoms with Crippen LogP contribution in [0.4, 0.5) is 0 Å². The van der Waals surface area contributed by atoms with Gasteiger partial charge in [-0.1, -0.05) is 38.5 Å².